The second-order valence-electron chi connectivity index (χ2n) is 6.91. The van der Waals surface area contributed by atoms with Gasteiger partial charge in [-0.2, -0.15) is 0 Å². The van der Waals surface area contributed by atoms with Crippen LogP contribution in [0.1, 0.15) is 50.2 Å². The topological polar surface area (TPSA) is 46.6 Å². The first-order valence-electron chi connectivity index (χ1n) is 8.62. The lowest BCUT2D eigenvalue weighted by Crippen LogP contribution is -2.44. The first-order valence-corrected chi connectivity index (χ1v) is 8.62. The Morgan fingerprint density at radius 2 is 1.92 bits per heavy atom. The van der Waals surface area contributed by atoms with Gasteiger partial charge in [-0.15, -0.1) is 0 Å². The highest BCUT2D eigenvalue weighted by molar-refractivity contribution is 5.92. The number of benzene rings is 1. The van der Waals surface area contributed by atoms with E-state index in [-0.39, 0.29) is 23.2 Å². The number of rotatable bonds is 2. The van der Waals surface area contributed by atoms with Crippen LogP contribution < -0.4 is 0 Å². The highest BCUT2D eigenvalue weighted by Crippen LogP contribution is 2.52. The summed E-state index contributed by atoms with van der Waals surface area (Å²) in [6.07, 6.45) is 4.47. The number of amides is 1. The third-order valence-corrected chi connectivity index (χ3v) is 5.77. The van der Waals surface area contributed by atoms with E-state index >= 15 is 0 Å². The minimum absolute atomic E-state index is 0.00391. The van der Waals surface area contributed by atoms with Crippen molar-refractivity contribution in [3.05, 3.63) is 47.0 Å². The molecule has 1 heterocycles. The van der Waals surface area contributed by atoms with Crippen LogP contribution in [-0.2, 0) is 19.7 Å². The molecule has 1 unspecified atom stereocenters. The second-order valence-corrected chi connectivity index (χ2v) is 6.91. The monoisotopic (exact) mass is 327 g/mol. The van der Waals surface area contributed by atoms with Crippen molar-refractivity contribution in [2.24, 2.45) is 0 Å². The van der Waals surface area contributed by atoms with Gasteiger partial charge >= 0.3 is 5.97 Å². The van der Waals surface area contributed by atoms with E-state index in [1.807, 2.05) is 43.0 Å². The first kappa shape index (κ1) is 16.7. The fourth-order valence-corrected chi connectivity index (χ4v) is 4.23. The van der Waals surface area contributed by atoms with Crippen LogP contribution in [-0.4, -0.2) is 37.0 Å². The minimum atomic E-state index is -0.175. The zero-order valence-corrected chi connectivity index (χ0v) is 14.7. The van der Waals surface area contributed by atoms with Gasteiger partial charge in [0.2, 0.25) is 5.91 Å². The molecule has 1 aliphatic carbocycles. The molecule has 24 heavy (non-hydrogen) atoms. The average Bonchev–Trinajstić information content (AvgIpc) is 2.95. The van der Waals surface area contributed by atoms with Crippen molar-refractivity contribution in [1.82, 2.24) is 4.90 Å². The molecule has 0 bridgehead atoms. The highest BCUT2D eigenvalue weighted by Gasteiger charge is 2.48. The van der Waals surface area contributed by atoms with Gasteiger partial charge in [0.05, 0.1) is 13.0 Å². The van der Waals surface area contributed by atoms with E-state index in [9.17, 15) is 9.59 Å². The molecule has 4 heteroatoms. The standard InChI is InChI=1S/C20H25NO3/c1-4-14(2)18(22)21-11-9-20(10-12-21)13-16(19(23)24-3)15-7-5-6-8-17(15)20/h4-8,16H,9-13H2,1-3H3/b14-4+. The van der Waals surface area contributed by atoms with Crippen molar-refractivity contribution in [3.63, 3.8) is 0 Å². The number of esters is 1. The molecular formula is C20H25NO3. The van der Waals surface area contributed by atoms with E-state index in [0.717, 1.165) is 43.5 Å². The molecule has 3 rings (SSSR count). The quantitative estimate of drug-likeness (QED) is 0.619. The third-order valence-electron chi connectivity index (χ3n) is 5.77. The van der Waals surface area contributed by atoms with Gasteiger partial charge in [0.1, 0.15) is 0 Å². The van der Waals surface area contributed by atoms with Crippen molar-refractivity contribution in [2.45, 2.75) is 44.4 Å². The number of methoxy groups -OCH3 is 1. The van der Waals surface area contributed by atoms with Crippen molar-refractivity contribution >= 4 is 11.9 Å². The van der Waals surface area contributed by atoms with E-state index in [1.165, 1.54) is 12.7 Å². The van der Waals surface area contributed by atoms with Gasteiger partial charge in [0.15, 0.2) is 0 Å². The molecule has 1 aromatic carbocycles. The van der Waals surface area contributed by atoms with E-state index < -0.39 is 0 Å². The number of carbonyl (C=O) groups excluding carboxylic acids is 2. The maximum atomic E-state index is 12.4. The molecule has 1 atom stereocenters. The van der Waals surface area contributed by atoms with Crippen LogP contribution >= 0.6 is 0 Å². The summed E-state index contributed by atoms with van der Waals surface area (Å²) in [6.45, 7) is 5.25. The highest BCUT2D eigenvalue weighted by atomic mass is 16.5. The molecule has 2 aliphatic rings. The SMILES string of the molecule is C/C=C(\C)C(=O)N1CCC2(CC1)CC(C(=O)OC)c1ccccc12. The van der Waals surface area contributed by atoms with Crippen LogP contribution in [0.5, 0.6) is 0 Å². The van der Waals surface area contributed by atoms with Crippen LogP contribution in [0, 0.1) is 0 Å². The van der Waals surface area contributed by atoms with Crippen LogP contribution in [0.15, 0.2) is 35.9 Å². The smallest absolute Gasteiger partial charge is 0.313 e. The van der Waals surface area contributed by atoms with Crippen LogP contribution in [0.3, 0.4) is 0 Å². The molecule has 1 aromatic rings. The van der Waals surface area contributed by atoms with E-state index in [0.29, 0.717) is 0 Å². The average molecular weight is 327 g/mol. The number of carbonyl (C=O) groups is 2. The van der Waals surface area contributed by atoms with Crippen molar-refractivity contribution < 1.29 is 14.3 Å². The molecule has 1 aliphatic heterocycles. The number of ether oxygens (including phenoxy) is 1. The number of likely N-dealkylation sites (tertiary alicyclic amines) is 1. The lowest BCUT2D eigenvalue weighted by atomic mass is 9.73. The molecule has 0 aromatic heterocycles. The Morgan fingerprint density at radius 1 is 1.25 bits per heavy atom. The van der Waals surface area contributed by atoms with E-state index in [1.54, 1.807) is 0 Å². The molecule has 1 spiro atoms. The molecule has 0 radical (unpaired) electrons. The van der Waals surface area contributed by atoms with Gasteiger partial charge in [0.25, 0.3) is 0 Å². The summed E-state index contributed by atoms with van der Waals surface area (Å²) in [4.78, 5) is 26.5. The Bertz CT molecular complexity index is 684. The van der Waals surface area contributed by atoms with Gasteiger partial charge in [-0.1, -0.05) is 30.3 Å². The van der Waals surface area contributed by atoms with Crippen molar-refractivity contribution in [1.29, 1.82) is 0 Å². The van der Waals surface area contributed by atoms with Gasteiger partial charge in [-0.25, -0.2) is 0 Å². The van der Waals surface area contributed by atoms with Crippen LogP contribution in [0.25, 0.3) is 0 Å². The second kappa shape index (κ2) is 6.42. The van der Waals surface area contributed by atoms with Crippen LogP contribution in [0.2, 0.25) is 0 Å². The summed E-state index contributed by atoms with van der Waals surface area (Å²) in [6, 6.07) is 8.23. The maximum absolute atomic E-state index is 12.4. The zero-order valence-electron chi connectivity index (χ0n) is 14.7. The Balaban J connectivity index is 1.84. The number of fused-ring (bicyclic) bond motifs is 2. The number of hydrogen-bond acceptors (Lipinski definition) is 3. The lowest BCUT2D eigenvalue weighted by Gasteiger charge is -2.40. The zero-order chi connectivity index (χ0) is 17.3. The summed E-state index contributed by atoms with van der Waals surface area (Å²) in [5, 5.41) is 0. The number of nitrogens with zero attached hydrogens (tertiary/aromatic N) is 1. The molecule has 1 fully saturated rings. The number of hydrogen-bond donors (Lipinski definition) is 0. The number of piperidine rings is 1. The minimum Gasteiger partial charge on any atom is -0.469 e. The Kier molecular flexibility index (Phi) is 4.48. The Hall–Kier alpha value is -2.10. The molecular weight excluding hydrogens is 302 g/mol. The molecule has 1 amide bonds. The molecule has 4 nitrogen and oxygen atoms in total. The lowest BCUT2D eigenvalue weighted by molar-refractivity contribution is -0.143. The van der Waals surface area contributed by atoms with Crippen molar-refractivity contribution in [2.75, 3.05) is 20.2 Å². The largest absolute Gasteiger partial charge is 0.469 e. The fourth-order valence-electron chi connectivity index (χ4n) is 4.23. The molecule has 0 saturated carbocycles. The van der Waals surface area contributed by atoms with Crippen LogP contribution in [0.4, 0.5) is 0 Å². The molecule has 1 saturated heterocycles. The van der Waals surface area contributed by atoms with Gasteiger partial charge in [-0.05, 0) is 44.2 Å². The van der Waals surface area contributed by atoms with E-state index in [2.05, 4.69) is 6.07 Å². The summed E-state index contributed by atoms with van der Waals surface area (Å²) in [5.74, 6) is -0.198. The first-order chi connectivity index (χ1) is 11.5. The third kappa shape index (κ3) is 2.64. The van der Waals surface area contributed by atoms with Crippen molar-refractivity contribution in [3.8, 4) is 0 Å². The summed E-state index contributed by atoms with van der Waals surface area (Å²) < 4.78 is 5.02. The molecule has 128 valence electrons. The van der Waals surface area contributed by atoms with Gasteiger partial charge in [-0.3, -0.25) is 9.59 Å². The maximum Gasteiger partial charge on any atom is 0.313 e. The summed E-state index contributed by atoms with van der Waals surface area (Å²) >= 11 is 0. The number of allylic oxidation sites excluding steroid dienone is 1. The normalized spacial score (nSPS) is 22.4. The van der Waals surface area contributed by atoms with Gasteiger partial charge in [0, 0.05) is 24.1 Å². The Labute approximate surface area is 143 Å². The van der Waals surface area contributed by atoms with Gasteiger partial charge < -0.3 is 9.64 Å². The predicted octanol–water partition coefficient (Wildman–Crippen LogP) is 3.17. The predicted molar refractivity (Wildman–Crippen MR) is 92.7 cm³/mol. The fraction of sp³-hybridized carbons (Fsp3) is 0.500. The summed E-state index contributed by atoms with van der Waals surface area (Å²) in [7, 11) is 1.46. The van der Waals surface area contributed by atoms with E-state index in [4.69, 9.17) is 4.74 Å². The Morgan fingerprint density at radius 3 is 2.54 bits per heavy atom. The molecule has 0 N–H and O–H groups in total. The summed E-state index contributed by atoms with van der Waals surface area (Å²) in [5.41, 5.74) is 3.17.